The van der Waals surface area contributed by atoms with E-state index in [1.165, 1.54) is 0 Å². The van der Waals surface area contributed by atoms with Crippen LogP contribution in [0, 0.1) is 0 Å². The van der Waals surface area contributed by atoms with Gasteiger partial charge in [-0.3, -0.25) is 9.63 Å². The van der Waals surface area contributed by atoms with Crippen molar-refractivity contribution < 1.29 is 9.63 Å². The molecule has 4 aromatic rings. The summed E-state index contributed by atoms with van der Waals surface area (Å²) in [5.41, 5.74) is 4.01. The van der Waals surface area contributed by atoms with Gasteiger partial charge in [-0.2, -0.15) is 5.06 Å². The number of halogens is 1. The second-order valence-electron chi connectivity index (χ2n) is 8.34. The number of anilines is 1. The molecule has 1 N–H and O–H groups in total. The maximum atomic E-state index is 13.2. The van der Waals surface area contributed by atoms with Crippen molar-refractivity contribution in [1.82, 2.24) is 5.06 Å². The topological polar surface area (TPSA) is 41.6 Å². The highest BCUT2D eigenvalue weighted by Gasteiger charge is 2.43. The van der Waals surface area contributed by atoms with Gasteiger partial charge in [0.05, 0.1) is 12.1 Å². The highest BCUT2D eigenvalue weighted by Crippen LogP contribution is 2.43. The van der Waals surface area contributed by atoms with Crippen LogP contribution in [0.5, 0.6) is 0 Å². The van der Waals surface area contributed by atoms with Crippen LogP contribution in [0.3, 0.4) is 0 Å². The normalized spacial score (nSPS) is 18.2. The van der Waals surface area contributed by atoms with E-state index in [0.717, 1.165) is 16.7 Å². The summed E-state index contributed by atoms with van der Waals surface area (Å²) >= 11 is 5.99. The summed E-state index contributed by atoms with van der Waals surface area (Å²) < 4.78 is 0. The van der Waals surface area contributed by atoms with Crippen molar-refractivity contribution >= 4 is 23.2 Å². The number of amides is 1. The summed E-state index contributed by atoms with van der Waals surface area (Å²) in [7, 11) is 0. The molecule has 0 aromatic heterocycles. The first-order chi connectivity index (χ1) is 16.7. The second-order valence-corrected chi connectivity index (χ2v) is 8.77. The van der Waals surface area contributed by atoms with E-state index in [1.54, 1.807) is 24.3 Å². The first-order valence-electron chi connectivity index (χ1n) is 11.4. The predicted octanol–water partition coefficient (Wildman–Crippen LogP) is 6.82. The molecule has 0 bridgehead atoms. The maximum absolute atomic E-state index is 13.2. The molecule has 1 aliphatic rings. The quantitative estimate of drug-likeness (QED) is 0.337. The molecule has 4 aromatic carbocycles. The molecular formula is C29H25ClN2O2. The highest BCUT2D eigenvalue weighted by atomic mass is 35.5. The molecule has 2 atom stereocenters. The number of benzene rings is 4. The monoisotopic (exact) mass is 468 g/mol. The van der Waals surface area contributed by atoms with Crippen LogP contribution >= 0.6 is 11.6 Å². The molecular weight excluding hydrogens is 444 g/mol. The zero-order valence-corrected chi connectivity index (χ0v) is 19.3. The van der Waals surface area contributed by atoms with E-state index in [-0.39, 0.29) is 18.0 Å². The van der Waals surface area contributed by atoms with Gasteiger partial charge in [0.25, 0.3) is 5.91 Å². The van der Waals surface area contributed by atoms with Crippen molar-refractivity contribution in [3.8, 4) is 0 Å². The predicted molar refractivity (Wildman–Crippen MR) is 135 cm³/mol. The second kappa shape index (κ2) is 10.2. The van der Waals surface area contributed by atoms with E-state index < -0.39 is 6.10 Å². The summed E-state index contributed by atoms with van der Waals surface area (Å²) in [6.07, 6.45) is -0.0876. The van der Waals surface area contributed by atoms with Gasteiger partial charge in [0.2, 0.25) is 0 Å². The molecule has 0 aliphatic carbocycles. The molecule has 1 aliphatic heterocycles. The number of hydroxylamine groups is 2. The van der Waals surface area contributed by atoms with E-state index >= 15 is 0 Å². The lowest BCUT2D eigenvalue weighted by atomic mass is 9.94. The minimum Gasteiger partial charge on any atom is -0.324 e. The first-order valence-corrected chi connectivity index (χ1v) is 11.7. The Bertz CT molecular complexity index is 1180. The van der Waals surface area contributed by atoms with Crippen LogP contribution in [-0.2, 0) is 9.63 Å². The van der Waals surface area contributed by atoms with Crippen LogP contribution in [0.15, 0.2) is 115 Å². The number of carbonyl (C=O) groups excluding carboxylic acids is 1. The van der Waals surface area contributed by atoms with Crippen LogP contribution in [0.25, 0.3) is 0 Å². The van der Waals surface area contributed by atoms with Crippen molar-refractivity contribution in [1.29, 1.82) is 0 Å². The Labute approximate surface area is 204 Å². The fourth-order valence-corrected chi connectivity index (χ4v) is 4.56. The van der Waals surface area contributed by atoms with Crippen molar-refractivity contribution in [2.75, 3.05) is 5.32 Å². The van der Waals surface area contributed by atoms with Gasteiger partial charge in [-0.25, -0.2) is 0 Å². The van der Waals surface area contributed by atoms with Crippen molar-refractivity contribution in [3.63, 3.8) is 0 Å². The van der Waals surface area contributed by atoms with Gasteiger partial charge in [-0.05, 0) is 41.0 Å². The number of hydrogen-bond donors (Lipinski definition) is 1. The third kappa shape index (κ3) is 4.90. The van der Waals surface area contributed by atoms with Crippen LogP contribution in [0.2, 0.25) is 5.02 Å². The van der Waals surface area contributed by atoms with Gasteiger partial charge in [0.1, 0.15) is 0 Å². The maximum Gasteiger partial charge on any atom is 0.255 e. The Morgan fingerprint density at radius 1 is 0.794 bits per heavy atom. The third-order valence-corrected chi connectivity index (χ3v) is 6.32. The molecule has 0 saturated carbocycles. The summed E-state index contributed by atoms with van der Waals surface area (Å²) in [6.45, 7) is 0. The fourth-order valence-electron chi connectivity index (χ4n) is 4.44. The van der Waals surface area contributed by atoms with Crippen molar-refractivity contribution in [3.05, 3.63) is 137 Å². The summed E-state index contributed by atoms with van der Waals surface area (Å²) in [5, 5.41) is 5.59. The third-order valence-electron chi connectivity index (χ3n) is 6.07. The Balaban J connectivity index is 1.50. The van der Waals surface area contributed by atoms with Crippen LogP contribution in [-0.4, -0.2) is 17.1 Å². The van der Waals surface area contributed by atoms with Gasteiger partial charge in [0, 0.05) is 17.1 Å². The van der Waals surface area contributed by atoms with Crippen LogP contribution in [0.4, 0.5) is 5.69 Å². The molecule has 2 unspecified atom stereocenters. The van der Waals surface area contributed by atoms with E-state index in [2.05, 4.69) is 41.7 Å². The lowest BCUT2D eigenvalue weighted by Crippen LogP contribution is -2.32. The zero-order valence-electron chi connectivity index (χ0n) is 18.6. The van der Waals surface area contributed by atoms with Gasteiger partial charge >= 0.3 is 0 Å². The van der Waals surface area contributed by atoms with E-state index in [0.29, 0.717) is 17.1 Å². The minimum absolute atomic E-state index is 0.0902. The Hall–Kier alpha value is -3.44. The molecule has 4 nitrogen and oxygen atoms in total. The average molecular weight is 469 g/mol. The molecule has 170 valence electrons. The summed E-state index contributed by atoms with van der Waals surface area (Å²) in [6, 6.07) is 37.6. The van der Waals surface area contributed by atoms with E-state index in [4.69, 9.17) is 16.4 Å². The molecule has 1 amide bonds. The van der Waals surface area contributed by atoms with Crippen molar-refractivity contribution in [2.24, 2.45) is 0 Å². The van der Waals surface area contributed by atoms with E-state index in [9.17, 15) is 4.79 Å². The molecule has 1 heterocycles. The molecule has 1 fully saturated rings. The zero-order chi connectivity index (χ0) is 23.3. The lowest BCUT2D eigenvalue weighted by molar-refractivity contribution is -0.186. The lowest BCUT2D eigenvalue weighted by Gasteiger charge is -2.32. The van der Waals surface area contributed by atoms with Crippen LogP contribution < -0.4 is 5.32 Å². The Morgan fingerprint density at radius 2 is 1.32 bits per heavy atom. The largest absolute Gasteiger partial charge is 0.324 e. The number of rotatable bonds is 6. The molecule has 5 rings (SSSR count). The van der Waals surface area contributed by atoms with Gasteiger partial charge in [-0.1, -0.05) is 103 Å². The highest BCUT2D eigenvalue weighted by molar-refractivity contribution is 6.30. The van der Waals surface area contributed by atoms with Crippen LogP contribution in [0.1, 0.15) is 35.2 Å². The summed E-state index contributed by atoms with van der Waals surface area (Å²) in [4.78, 5) is 19.7. The number of hydrogen-bond acceptors (Lipinski definition) is 3. The van der Waals surface area contributed by atoms with Gasteiger partial charge in [-0.15, -0.1) is 0 Å². The van der Waals surface area contributed by atoms with Gasteiger partial charge < -0.3 is 5.32 Å². The fraction of sp³-hybridized carbons (Fsp3) is 0.138. The number of nitrogens with one attached hydrogen (secondary N) is 1. The Kier molecular flexibility index (Phi) is 6.72. The number of nitrogens with zero attached hydrogens (tertiary/aromatic N) is 1. The van der Waals surface area contributed by atoms with E-state index in [1.807, 2.05) is 59.7 Å². The standard InChI is InChI=1S/C29H25ClN2O2/c30-24-16-18-25(19-17-24)31-29(33)27-20-26(21-10-4-1-5-11-21)32(34-27)28(22-12-6-2-7-13-22)23-14-8-3-9-15-23/h1-19,26-28H,20H2,(H,31,33). The average Bonchev–Trinajstić information content (AvgIpc) is 3.33. The molecule has 0 radical (unpaired) electrons. The molecule has 1 saturated heterocycles. The number of carbonyl (C=O) groups is 1. The molecule has 0 spiro atoms. The van der Waals surface area contributed by atoms with Gasteiger partial charge in [0.15, 0.2) is 6.10 Å². The SMILES string of the molecule is O=C(Nc1ccc(Cl)cc1)C1CC(c2ccccc2)N(C(c2ccccc2)c2ccccc2)O1. The first kappa shape index (κ1) is 22.4. The minimum atomic E-state index is -0.629. The summed E-state index contributed by atoms with van der Waals surface area (Å²) in [5.74, 6) is -0.175. The van der Waals surface area contributed by atoms with Crippen molar-refractivity contribution in [2.45, 2.75) is 24.6 Å². The molecule has 34 heavy (non-hydrogen) atoms. The smallest absolute Gasteiger partial charge is 0.255 e. The molecule has 5 heteroatoms. The Morgan fingerprint density at radius 3 is 1.88 bits per heavy atom.